The molecule has 0 aromatic carbocycles. The Bertz CT molecular complexity index is 422. The largest absolute Gasteiger partial charge is 0.456 e. The molecule has 1 N–H and O–H groups in total. The highest BCUT2D eigenvalue weighted by Gasteiger charge is 2.51. The standard InChI is InChI=1S/C13H20O9/c1-6(14)19-10-9(5-18-4)22-13(17)12(21-8(3)16)11(10)20-7(2)15/h9-13,17H,5H2,1-4H3/t9-,10-,11+,12-,13-/m1/s1. The van der Waals surface area contributed by atoms with E-state index in [9.17, 15) is 19.5 Å². The molecule has 0 spiro atoms. The molecule has 0 unspecified atom stereocenters. The fourth-order valence-corrected chi connectivity index (χ4v) is 2.17. The van der Waals surface area contributed by atoms with E-state index in [2.05, 4.69) is 0 Å². The smallest absolute Gasteiger partial charge is 0.303 e. The number of carbonyl (C=O) groups excluding carboxylic acids is 3. The molecule has 0 aromatic heterocycles. The minimum Gasteiger partial charge on any atom is -0.456 e. The van der Waals surface area contributed by atoms with E-state index in [-0.39, 0.29) is 6.61 Å². The maximum atomic E-state index is 11.3. The van der Waals surface area contributed by atoms with Crippen molar-refractivity contribution in [2.24, 2.45) is 0 Å². The number of hydrogen-bond acceptors (Lipinski definition) is 9. The summed E-state index contributed by atoms with van der Waals surface area (Å²) in [6, 6.07) is 0. The van der Waals surface area contributed by atoms with Crippen LogP contribution in [-0.2, 0) is 38.1 Å². The minimum atomic E-state index is -1.56. The van der Waals surface area contributed by atoms with Crippen LogP contribution in [0.3, 0.4) is 0 Å². The quantitative estimate of drug-likeness (QED) is 0.510. The lowest BCUT2D eigenvalue weighted by molar-refractivity contribution is -0.296. The zero-order valence-corrected chi connectivity index (χ0v) is 12.8. The van der Waals surface area contributed by atoms with Gasteiger partial charge >= 0.3 is 17.9 Å². The van der Waals surface area contributed by atoms with E-state index in [1.54, 1.807) is 0 Å². The molecule has 0 bridgehead atoms. The fourth-order valence-electron chi connectivity index (χ4n) is 2.17. The van der Waals surface area contributed by atoms with E-state index < -0.39 is 48.6 Å². The summed E-state index contributed by atoms with van der Waals surface area (Å²) in [6.07, 6.45) is -6.07. The van der Waals surface area contributed by atoms with Gasteiger partial charge in [-0.05, 0) is 0 Å². The van der Waals surface area contributed by atoms with Crippen molar-refractivity contribution >= 4 is 17.9 Å². The first-order valence-electron chi connectivity index (χ1n) is 6.60. The van der Waals surface area contributed by atoms with Gasteiger partial charge in [-0.2, -0.15) is 0 Å². The summed E-state index contributed by atoms with van der Waals surface area (Å²) in [5.41, 5.74) is 0. The highest BCUT2D eigenvalue weighted by Crippen LogP contribution is 2.27. The predicted octanol–water partition coefficient (Wildman–Crippen LogP) is -0.855. The molecule has 1 heterocycles. The van der Waals surface area contributed by atoms with Gasteiger partial charge in [0.1, 0.15) is 6.10 Å². The maximum absolute atomic E-state index is 11.3. The van der Waals surface area contributed by atoms with Crippen LogP contribution in [0.25, 0.3) is 0 Å². The number of aliphatic hydroxyl groups excluding tert-OH is 1. The fraction of sp³-hybridized carbons (Fsp3) is 0.769. The molecule has 126 valence electrons. The van der Waals surface area contributed by atoms with Crippen molar-refractivity contribution in [2.75, 3.05) is 13.7 Å². The molecule has 1 rings (SSSR count). The molecule has 0 amide bonds. The van der Waals surface area contributed by atoms with Crippen LogP contribution in [-0.4, -0.2) is 67.4 Å². The molecule has 0 radical (unpaired) electrons. The molecule has 5 atom stereocenters. The van der Waals surface area contributed by atoms with E-state index in [0.29, 0.717) is 0 Å². The van der Waals surface area contributed by atoms with E-state index in [0.717, 1.165) is 13.8 Å². The molecule has 0 aliphatic carbocycles. The Kier molecular flexibility index (Phi) is 6.72. The minimum absolute atomic E-state index is 0.0282. The number of hydrogen-bond donors (Lipinski definition) is 1. The molecule has 22 heavy (non-hydrogen) atoms. The number of rotatable bonds is 5. The topological polar surface area (TPSA) is 118 Å². The molecule has 1 aliphatic heterocycles. The van der Waals surface area contributed by atoms with Crippen molar-refractivity contribution in [3.8, 4) is 0 Å². The first-order valence-corrected chi connectivity index (χ1v) is 6.60. The zero-order chi connectivity index (χ0) is 16.9. The summed E-state index contributed by atoms with van der Waals surface area (Å²) in [5, 5.41) is 9.96. The van der Waals surface area contributed by atoms with Gasteiger partial charge in [-0.1, -0.05) is 0 Å². The number of aliphatic hydroxyl groups is 1. The third-order valence-corrected chi connectivity index (χ3v) is 2.85. The first-order chi connectivity index (χ1) is 10.3. The van der Waals surface area contributed by atoms with E-state index in [1.165, 1.54) is 14.0 Å². The molecule has 0 saturated carbocycles. The van der Waals surface area contributed by atoms with Crippen LogP contribution in [0.4, 0.5) is 0 Å². The number of carbonyl (C=O) groups is 3. The zero-order valence-electron chi connectivity index (χ0n) is 12.8. The van der Waals surface area contributed by atoms with Crippen LogP contribution >= 0.6 is 0 Å². The van der Waals surface area contributed by atoms with Crippen LogP contribution < -0.4 is 0 Å². The summed E-state index contributed by atoms with van der Waals surface area (Å²) in [7, 11) is 1.39. The maximum Gasteiger partial charge on any atom is 0.303 e. The van der Waals surface area contributed by atoms with E-state index in [4.69, 9.17) is 23.7 Å². The van der Waals surface area contributed by atoms with Gasteiger partial charge in [0.15, 0.2) is 24.6 Å². The molecule has 9 nitrogen and oxygen atoms in total. The van der Waals surface area contributed by atoms with Crippen molar-refractivity contribution in [3.05, 3.63) is 0 Å². The van der Waals surface area contributed by atoms with E-state index >= 15 is 0 Å². The number of esters is 3. The molecule has 1 aliphatic rings. The summed E-state index contributed by atoms with van der Waals surface area (Å²) in [4.78, 5) is 33.7. The van der Waals surface area contributed by atoms with Gasteiger partial charge in [0, 0.05) is 27.9 Å². The lowest BCUT2D eigenvalue weighted by Gasteiger charge is -2.42. The van der Waals surface area contributed by atoms with Gasteiger partial charge in [-0.15, -0.1) is 0 Å². The number of ether oxygens (including phenoxy) is 5. The average Bonchev–Trinajstić information content (AvgIpc) is 2.37. The monoisotopic (exact) mass is 320 g/mol. The van der Waals surface area contributed by atoms with E-state index in [1.807, 2.05) is 0 Å². The Morgan fingerprint density at radius 1 is 0.909 bits per heavy atom. The second kappa shape index (κ2) is 8.06. The Morgan fingerprint density at radius 2 is 1.36 bits per heavy atom. The van der Waals surface area contributed by atoms with Crippen LogP contribution in [0.2, 0.25) is 0 Å². The van der Waals surface area contributed by atoms with Crippen LogP contribution in [0.15, 0.2) is 0 Å². The predicted molar refractivity (Wildman–Crippen MR) is 69.4 cm³/mol. The summed E-state index contributed by atoms with van der Waals surface area (Å²) < 4.78 is 25.3. The van der Waals surface area contributed by atoms with Crippen molar-refractivity contribution in [1.29, 1.82) is 0 Å². The lowest BCUT2D eigenvalue weighted by Crippen LogP contribution is -2.62. The van der Waals surface area contributed by atoms with Gasteiger partial charge in [0.25, 0.3) is 0 Å². The highest BCUT2D eigenvalue weighted by atomic mass is 16.7. The SMILES string of the molecule is COC[C@H]1O[C@@H](O)[C@H](OC(C)=O)[C@@H](OC(C)=O)[C@@H]1OC(C)=O. The Morgan fingerprint density at radius 3 is 1.82 bits per heavy atom. The van der Waals surface area contributed by atoms with Crippen LogP contribution in [0.1, 0.15) is 20.8 Å². The summed E-state index contributed by atoms with van der Waals surface area (Å²) in [6.45, 7) is 3.41. The normalized spacial score (nSPS) is 31.2. The van der Waals surface area contributed by atoms with Gasteiger partial charge in [0.05, 0.1) is 6.61 Å². The molecule has 1 saturated heterocycles. The Balaban J connectivity index is 3.09. The van der Waals surface area contributed by atoms with Crippen molar-refractivity contribution < 1.29 is 43.2 Å². The van der Waals surface area contributed by atoms with Gasteiger partial charge in [-0.3, -0.25) is 14.4 Å². The highest BCUT2D eigenvalue weighted by molar-refractivity contribution is 5.68. The first kappa shape index (κ1) is 18.3. The third-order valence-electron chi connectivity index (χ3n) is 2.85. The molecule has 1 fully saturated rings. The molecule has 0 aromatic rings. The molecule has 9 heteroatoms. The second-order valence-corrected chi connectivity index (χ2v) is 4.74. The van der Waals surface area contributed by atoms with Crippen LogP contribution in [0.5, 0.6) is 0 Å². The second-order valence-electron chi connectivity index (χ2n) is 4.74. The van der Waals surface area contributed by atoms with Crippen molar-refractivity contribution in [3.63, 3.8) is 0 Å². The molecular weight excluding hydrogens is 300 g/mol. The Hall–Kier alpha value is -1.71. The lowest BCUT2D eigenvalue weighted by atomic mass is 9.98. The van der Waals surface area contributed by atoms with Crippen molar-refractivity contribution in [2.45, 2.75) is 51.5 Å². The summed E-state index contributed by atoms with van der Waals surface area (Å²) in [5.74, 6) is -2.05. The summed E-state index contributed by atoms with van der Waals surface area (Å²) >= 11 is 0. The van der Waals surface area contributed by atoms with Gasteiger partial charge in [0.2, 0.25) is 0 Å². The van der Waals surface area contributed by atoms with Crippen LogP contribution in [0, 0.1) is 0 Å². The Labute approximate surface area is 127 Å². The average molecular weight is 320 g/mol. The van der Waals surface area contributed by atoms with Gasteiger partial charge in [-0.25, -0.2) is 0 Å². The van der Waals surface area contributed by atoms with Crippen molar-refractivity contribution in [1.82, 2.24) is 0 Å². The third kappa shape index (κ3) is 4.93. The number of methoxy groups -OCH3 is 1. The molecular formula is C13H20O9. The van der Waals surface area contributed by atoms with Gasteiger partial charge < -0.3 is 28.8 Å².